The van der Waals surface area contributed by atoms with Gasteiger partial charge in [0.15, 0.2) is 0 Å². The van der Waals surface area contributed by atoms with Gasteiger partial charge in [0.2, 0.25) is 0 Å². The van der Waals surface area contributed by atoms with E-state index in [0.717, 1.165) is 49.7 Å². The Morgan fingerprint density at radius 1 is 1.10 bits per heavy atom. The van der Waals surface area contributed by atoms with Crippen LogP contribution in [0.5, 0.6) is 5.75 Å². The Bertz CT molecular complexity index is 1050. The van der Waals surface area contributed by atoms with Crippen LogP contribution in [-0.4, -0.2) is 58.8 Å². The van der Waals surface area contributed by atoms with Crippen molar-refractivity contribution in [2.45, 2.75) is 4.90 Å². The van der Waals surface area contributed by atoms with Crippen LogP contribution < -0.4 is 19.9 Å². The van der Waals surface area contributed by atoms with Gasteiger partial charge in [-0.2, -0.15) is 0 Å². The molecular formula is C21H26N4O3S. The molecule has 2 aliphatic rings. The van der Waals surface area contributed by atoms with Crippen LogP contribution in [-0.2, 0) is 10.0 Å². The monoisotopic (exact) mass is 414 g/mol. The molecule has 2 aromatic rings. The third-order valence-electron chi connectivity index (χ3n) is 5.47. The van der Waals surface area contributed by atoms with Crippen molar-refractivity contribution >= 4 is 33.6 Å². The summed E-state index contributed by atoms with van der Waals surface area (Å²) in [5.74, 6) is 0.582. The average Bonchev–Trinajstić information content (AvgIpc) is 3.14. The molecule has 0 radical (unpaired) electrons. The summed E-state index contributed by atoms with van der Waals surface area (Å²) < 4.78 is 34.1. The summed E-state index contributed by atoms with van der Waals surface area (Å²) in [6.07, 6.45) is 4.95. The Morgan fingerprint density at radius 3 is 2.55 bits per heavy atom. The third-order valence-corrected chi connectivity index (χ3v) is 7.14. The van der Waals surface area contributed by atoms with Crippen molar-refractivity contribution in [3.63, 3.8) is 0 Å². The number of anilines is 2. The highest BCUT2D eigenvalue weighted by molar-refractivity contribution is 7.90. The molecule has 154 valence electrons. The fraction of sp³-hybridized carbons (Fsp3) is 0.333. The molecule has 1 fully saturated rings. The molecule has 1 N–H and O–H groups in total. The predicted molar refractivity (Wildman–Crippen MR) is 117 cm³/mol. The topological polar surface area (TPSA) is 66.8 Å². The van der Waals surface area contributed by atoms with Crippen LogP contribution in [0.25, 0.3) is 12.2 Å². The van der Waals surface area contributed by atoms with E-state index in [2.05, 4.69) is 28.3 Å². The first kappa shape index (κ1) is 19.6. The Morgan fingerprint density at radius 2 is 1.86 bits per heavy atom. The number of nitrogens with zero attached hydrogens (tertiary/aromatic N) is 3. The van der Waals surface area contributed by atoms with Gasteiger partial charge in [0.25, 0.3) is 10.0 Å². The van der Waals surface area contributed by atoms with Crippen LogP contribution in [0.2, 0.25) is 0 Å². The Hall–Kier alpha value is -2.71. The van der Waals surface area contributed by atoms with E-state index in [9.17, 15) is 8.42 Å². The SMILES string of the molecule is C=Cc1c(N2CCNCC2)cn(S(=O)(=O)c2ccc3c(c2)OCCN3C)c1C=C. The first-order valence-corrected chi connectivity index (χ1v) is 11.1. The number of benzene rings is 1. The number of fused-ring (bicyclic) bond motifs is 1. The lowest BCUT2D eigenvalue weighted by Crippen LogP contribution is -2.43. The zero-order valence-corrected chi connectivity index (χ0v) is 17.4. The maximum Gasteiger partial charge on any atom is 0.268 e. The number of nitrogens with one attached hydrogen (secondary N) is 1. The zero-order valence-electron chi connectivity index (χ0n) is 16.6. The maximum atomic E-state index is 13.5. The van der Waals surface area contributed by atoms with E-state index in [4.69, 9.17) is 4.74 Å². The summed E-state index contributed by atoms with van der Waals surface area (Å²) in [6, 6.07) is 5.03. The van der Waals surface area contributed by atoms with Crippen LogP contribution >= 0.6 is 0 Å². The first-order valence-electron chi connectivity index (χ1n) is 9.67. The van der Waals surface area contributed by atoms with Gasteiger partial charge in [-0.05, 0) is 18.2 Å². The van der Waals surface area contributed by atoms with Gasteiger partial charge >= 0.3 is 0 Å². The highest BCUT2D eigenvalue weighted by Gasteiger charge is 2.27. The highest BCUT2D eigenvalue weighted by Crippen LogP contribution is 2.36. The summed E-state index contributed by atoms with van der Waals surface area (Å²) >= 11 is 0. The molecule has 0 amide bonds. The van der Waals surface area contributed by atoms with Crippen molar-refractivity contribution in [1.82, 2.24) is 9.29 Å². The van der Waals surface area contributed by atoms with Gasteiger partial charge in [0.1, 0.15) is 12.4 Å². The van der Waals surface area contributed by atoms with Gasteiger partial charge in [0.05, 0.1) is 28.5 Å². The van der Waals surface area contributed by atoms with Crippen molar-refractivity contribution in [2.24, 2.45) is 0 Å². The smallest absolute Gasteiger partial charge is 0.268 e. The minimum Gasteiger partial charge on any atom is -0.490 e. The van der Waals surface area contributed by atoms with Crippen molar-refractivity contribution in [2.75, 3.05) is 56.2 Å². The molecule has 0 unspecified atom stereocenters. The number of hydrogen-bond donors (Lipinski definition) is 1. The number of ether oxygens (including phenoxy) is 1. The number of hydrogen-bond acceptors (Lipinski definition) is 6. The molecule has 2 aliphatic heterocycles. The second-order valence-corrected chi connectivity index (χ2v) is 8.97. The van der Waals surface area contributed by atoms with Gasteiger partial charge in [-0.25, -0.2) is 12.4 Å². The fourth-order valence-electron chi connectivity index (χ4n) is 3.88. The maximum absolute atomic E-state index is 13.5. The summed E-state index contributed by atoms with van der Waals surface area (Å²) in [5, 5.41) is 3.32. The summed E-state index contributed by atoms with van der Waals surface area (Å²) in [7, 11) is -1.86. The second-order valence-electron chi connectivity index (χ2n) is 7.16. The first-order chi connectivity index (χ1) is 14.0. The fourth-order valence-corrected chi connectivity index (χ4v) is 5.27. The quantitative estimate of drug-likeness (QED) is 0.810. The Labute approximate surface area is 171 Å². The molecule has 1 aromatic heterocycles. The van der Waals surface area contributed by atoms with Crippen molar-refractivity contribution in [1.29, 1.82) is 0 Å². The molecule has 8 heteroatoms. The van der Waals surface area contributed by atoms with E-state index in [1.807, 2.05) is 7.05 Å². The molecule has 0 atom stereocenters. The van der Waals surface area contributed by atoms with E-state index < -0.39 is 10.0 Å². The molecule has 3 heterocycles. The molecule has 0 bridgehead atoms. The Balaban J connectivity index is 1.82. The molecule has 4 rings (SSSR count). The average molecular weight is 415 g/mol. The molecule has 1 saturated heterocycles. The molecule has 0 spiro atoms. The van der Waals surface area contributed by atoms with Crippen molar-refractivity contribution < 1.29 is 13.2 Å². The second kappa shape index (κ2) is 7.61. The van der Waals surface area contributed by atoms with Gasteiger partial charge in [0, 0.05) is 51.1 Å². The largest absolute Gasteiger partial charge is 0.490 e. The number of aromatic nitrogens is 1. The minimum absolute atomic E-state index is 0.187. The number of likely N-dealkylation sites (N-methyl/N-ethyl adjacent to an activating group) is 1. The van der Waals surface area contributed by atoms with E-state index >= 15 is 0 Å². The van der Waals surface area contributed by atoms with Crippen molar-refractivity contribution in [3.05, 3.63) is 48.8 Å². The van der Waals surface area contributed by atoms with Gasteiger partial charge in [-0.15, -0.1) is 0 Å². The lowest BCUT2D eigenvalue weighted by molar-refractivity contribution is 0.310. The molecule has 29 heavy (non-hydrogen) atoms. The minimum atomic E-state index is -3.83. The summed E-state index contributed by atoms with van der Waals surface area (Å²) in [5.41, 5.74) is 3.04. The molecule has 1 aromatic carbocycles. The molecular weight excluding hydrogens is 388 g/mol. The number of rotatable bonds is 5. The lowest BCUT2D eigenvalue weighted by Gasteiger charge is -2.29. The van der Waals surface area contributed by atoms with E-state index in [-0.39, 0.29) is 4.90 Å². The van der Waals surface area contributed by atoms with Crippen LogP contribution in [0.1, 0.15) is 11.3 Å². The molecule has 0 saturated carbocycles. The molecule has 0 aliphatic carbocycles. The van der Waals surface area contributed by atoms with Crippen LogP contribution in [0.3, 0.4) is 0 Å². The molecule has 7 nitrogen and oxygen atoms in total. The zero-order chi connectivity index (χ0) is 20.6. The highest BCUT2D eigenvalue weighted by atomic mass is 32.2. The Kier molecular flexibility index (Phi) is 5.14. The predicted octanol–water partition coefficient (Wildman–Crippen LogP) is 2.25. The van der Waals surface area contributed by atoms with Gasteiger partial charge in [-0.1, -0.05) is 19.2 Å². The normalized spacial score (nSPS) is 16.9. The van der Waals surface area contributed by atoms with E-state index in [1.54, 1.807) is 36.5 Å². The van der Waals surface area contributed by atoms with Gasteiger partial charge in [-0.3, -0.25) is 0 Å². The van der Waals surface area contributed by atoms with Crippen LogP contribution in [0.4, 0.5) is 11.4 Å². The lowest BCUT2D eigenvalue weighted by atomic mass is 10.2. The summed E-state index contributed by atoms with van der Waals surface area (Å²) in [4.78, 5) is 4.42. The van der Waals surface area contributed by atoms with Crippen LogP contribution in [0.15, 0.2) is 42.4 Å². The third kappa shape index (κ3) is 3.32. The number of piperazine rings is 1. The van der Waals surface area contributed by atoms with E-state index in [1.165, 1.54) is 3.97 Å². The van der Waals surface area contributed by atoms with Gasteiger partial charge < -0.3 is 19.9 Å². The standard InChI is InChI=1S/C21H26N4O3S/c1-4-17-18(5-2)25(15-20(17)24-10-8-22-9-11-24)29(26,27)16-6-7-19-21(14-16)28-13-12-23(19)3/h4-7,14-15,22H,1-2,8-13H2,3H3. The summed E-state index contributed by atoms with van der Waals surface area (Å²) in [6.45, 7) is 12.4. The van der Waals surface area contributed by atoms with Crippen molar-refractivity contribution in [3.8, 4) is 5.75 Å². The van der Waals surface area contributed by atoms with Crippen LogP contribution in [0, 0.1) is 0 Å². The van der Waals surface area contributed by atoms with E-state index in [0.29, 0.717) is 18.1 Å².